The lowest BCUT2D eigenvalue weighted by Gasteiger charge is -2.03. The molecule has 1 aromatic heterocycles. The van der Waals surface area contributed by atoms with Gasteiger partial charge in [0, 0.05) is 25.0 Å². The molecular formula is C10H10Cl2F2N2S. The van der Waals surface area contributed by atoms with Gasteiger partial charge in [-0.05, 0) is 29.9 Å². The Morgan fingerprint density at radius 2 is 1.71 bits per heavy atom. The number of halogens is 4. The van der Waals surface area contributed by atoms with Crippen LogP contribution in [0, 0.1) is 16.4 Å². The average Bonchev–Trinajstić information content (AvgIpc) is 2.50. The van der Waals surface area contributed by atoms with E-state index in [1.54, 1.807) is 17.0 Å². The second-order valence-electron chi connectivity index (χ2n) is 3.17. The van der Waals surface area contributed by atoms with Gasteiger partial charge in [0.05, 0.1) is 0 Å². The first-order valence-corrected chi connectivity index (χ1v) is 4.75. The van der Waals surface area contributed by atoms with Gasteiger partial charge in [-0.25, -0.2) is 8.78 Å². The summed E-state index contributed by atoms with van der Waals surface area (Å²) in [5.74, 6) is -1.15. The first kappa shape index (κ1) is 16.1. The Labute approximate surface area is 114 Å². The molecule has 0 aliphatic carbocycles. The van der Waals surface area contributed by atoms with Gasteiger partial charge in [-0.15, -0.1) is 24.8 Å². The predicted octanol–water partition coefficient (Wildman–Crippen LogP) is 3.72. The zero-order chi connectivity index (χ0) is 10.8. The molecule has 7 heteroatoms. The maximum Gasteiger partial charge on any atom is 0.177 e. The van der Waals surface area contributed by atoms with Crippen molar-refractivity contribution in [1.29, 1.82) is 0 Å². The van der Waals surface area contributed by atoms with Gasteiger partial charge in [-0.2, -0.15) is 0 Å². The van der Waals surface area contributed by atoms with Crippen LogP contribution in [0.2, 0.25) is 0 Å². The van der Waals surface area contributed by atoms with Crippen LogP contribution in [0.4, 0.5) is 8.78 Å². The van der Waals surface area contributed by atoms with Gasteiger partial charge in [0.25, 0.3) is 0 Å². The molecule has 2 nitrogen and oxygen atoms in total. The normalized spacial score (nSPS) is 9.29. The lowest BCUT2D eigenvalue weighted by Crippen LogP contribution is -1.99. The van der Waals surface area contributed by atoms with Gasteiger partial charge in [-0.1, -0.05) is 0 Å². The number of benzene rings is 1. The Morgan fingerprint density at radius 1 is 1.12 bits per heavy atom. The van der Waals surface area contributed by atoms with Crippen LogP contribution in [0.15, 0.2) is 30.6 Å². The molecular weight excluding hydrogens is 289 g/mol. The highest BCUT2D eigenvalue weighted by molar-refractivity contribution is 7.71. The minimum atomic E-state index is -0.577. The van der Waals surface area contributed by atoms with Crippen LogP contribution in [0.25, 0.3) is 0 Å². The highest BCUT2D eigenvalue weighted by Gasteiger charge is 2.01. The summed E-state index contributed by atoms with van der Waals surface area (Å²) >= 11 is 4.97. The SMILES string of the molecule is Cl.Cl.Fc1cc(F)cc(Cn2cc[nH]c2=S)c1. The largest absolute Gasteiger partial charge is 0.337 e. The third-order valence-electron chi connectivity index (χ3n) is 2.00. The van der Waals surface area contributed by atoms with Crippen molar-refractivity contribution < 1.29 is 8.78 Å². The summed E-state index contributed by atoms with van der Waals surface area (Å²) in [6.07, 6.45) is 3.41. The van der Waals surface area contributed by atoms with Crippen molar-refractivity contribution in [1.82, 2.24) is 9.55 Å². The first-order valence-electron chi connectivity index (χ1n) is 4.34. The van der Waals surface area contributed by atoms with Crippen molar-refractivity contribution in [3.63, 3.8) is 0 Å². The average molecular weight is 299 g/mol. The summed E-state index contributed by atoms with van der Waals surface area (Å²) in [6.45, 7) is 0.358. The van der Waals surface area contributed by atoms with Crippen molar-refractivity contribution in [3.05, 3.63) is 52.6 Å². The molecule has 0 radical (unpaired) electrons. The molecule has 1 N–H and O–H groups in total. The van der Waals surface area contributed by atoms with E-state index in [1.807, 2.05) is 0 Å². The number of aromatic nitrogens is 2. The minimum absolute atomic E-state index is 0. The van der Waals surface area contributed by atoms with E-state index in [2.05, 4.69) is 4.98 Å². The molecule has 0 spiro atoms. The van der Waals surface area contributed by atoms with E-state index in [4.69, 9.17) is 12.2 Å². The molecule has 0 aliphatic rings. The van der Waals surface area contributed by atoms with Gasteiger partial charge >= 0.3 is 0 Å². The molecule has 94 valence electrons. The molecule has 17 heavy (non-hydrogen) atoms. The smallest absolute Gasteiger partial charge is 0.177 e. The fourth-order valence-corrected chi connectivity index (χ4v) is 1.57. The lowest BCUT2D eigenvalue weighted by molar-refractivity contribution is 0.577. The number of aromatic amines is 1. The number of imidazole rings is 1. The summed E-state index contributed by atoms with van der Waals surface area (Å²) in [5, 5.41) is 0. The van der Waals surface area contributed by atoms with Crippen molar-refractivity contribution >= 4 is 37.0 Å². The zero-order valence-electron chi connectivity index (χ0n) is 8.52. The Bertz CT molecular complexity index is 519. The van der Waals surface area contributed by atoms with Crippen LogP contribution in [0.3, 0.4) is 0 Å². The molecule has 2 aromatic rings. The molecule has 0 aliphatic heterocycles. The number of rotatable bonds is 2. The van der Waals surface area contributed by atoms with E-state index in [0.717, 1.165) is 6.07 Å². The van der Waals surface area contributed by atoms with Crippen LogP contribution in [0.5, 0.6) is 0 Å². The maximum atomic E-state index is 12.9. The van der Waals surface area contributed by atoms with Crippen LogP contribution in [0.1, 0.15) is 5.56 Å². The molecule has 0 unspecified atom stereocenters. The molecule has 1 heterocycles. The maximum absolute atomic E-state index is 12.9. The van der Waals surface area contributed by atoms with E-state index >= 15 is 0 Å². The van der Waals surface area contributed by atoms with Crippen molar-refractivity contribution in [2.24, 2.45) is 0 Å². The van der Waals surface area contributed by atoms with Gasteiger partial charge in [-0.3, -0.25) is 0 Å². The van der Waals surface area contributed by atoms with Gasteiger partial charge < -0.3 is 9.55 Å². The number of nitrogens with one attached hydrogen (secondary N) is 1. The molecule has 0 saturated carbocycles. The van der Waals surface area contributed by atoms with E-state index in [9.17, 15) is 8.78 Å². The molecule has 1 aromatic carbocycles. The summed E-state index contributed by atoms with van der Waals surface area (Å²) in [4.78, 5) is 2.81. The molecule has 0 amide bonds. The van der Waals surface area contributed by atoms with E-state index in [1.165, 1.54) is 12.1 Å². The monoisotopic (exact) mass is 298 g/mol. The topological polar surface area (TPSA) is 20.7 Å². The third-order valence-corrected chi connectivity index (χ3v) is 2.35. The quantitative estimate of drug-likeness (QED) is 0.838. The van der Waals surface area contributed by atoms with Crippen LogP contribution >= 0.6 is 37.0 Å². The van der Waals surface area contributed by atoms with Gasteiger partial charge in [0.15, 0.2) is 4.77 Å². The zero-order valence-corrected chi connectivity index (χ0v) is 11.0. The van der Waals surface area contributed by atoms with Crippen LogP contribution < -0.4 is 0 Å². The standard InChI is InChI=1S/C10H8F2N2S.2ClH/c11-8-3-7(4-9(12)5-8)6-14-2-1-13-10(14)15;;/h1-5H,6H2,(H,13,15);2*1H. The van der Waals surface area contributed by atoms with Crippen molar-refractivity contribution in [3.8, 4) is 0 Å². The fraction of sp³-hybridized carbons (Fsp3) is 0.100. The number of hydrogen-bond donors (Lipinski definition) is 1. The molecule has 0 bridgehead atoms. The van der Waals surface area contributed by atoms with Crippen LogP contribution in [-0.4, -0.2) is 9.55 Å². The molecule has 0 fully saturated rings. The Kier molecular flexibility index (Phi) is 6.37. The van der Waals surface area contributed by atoms with Crippen LogP contribution in [-0.2, 0) is 6.54 Å². The second kappa shape index (κ2) is 6.74. The van der Waals surface area contributed by atoms with E-state index in [0.29, 0.717) is 16.9 Å². The number of hydrogen-bond acceptors (Lipinski definition) is 1. The number of nitrogens with zero attached hydrogens (tertiary/aromatic N) is 1. The summed E-state index contributed by atoms with van der Waals surface area (Å²) < 4.78 is 28.0. The summed E-state index contributed by atoms with van der Waals surface area (Å²) in [5.41, 5.74) is 0.545. The van der Waals surface area contributed by atoms with Gasteiger partial charge in [0.2, 0.25) is 0 Å². The minimum Gasteiger partial charge on any atom is -0.337 e. The fourth-order valence-electron chi connectivity index (χ4n) is 1.37. The van der Waals surface area contributed by atoms with E-state index in [-0.39, 0.29) is 24.8 Å². The third kappa shape index (κ3) is 4.11. The molecule has 0 saturated heterocycles. The summed E-state index contributed by atoms with van der Waals surface area (Å²) in [7, 11) is 0. The Morgan fingerprint density at radius 3 is 2.18 bits per heavy atom. The van der Waals surface area contributed by atoms with Crippen molar-refractivity contribution in [2.45, 2.75) is 6.54 Å². The highest BCUT2D eigenvalue weighted by atomic mass is 35.5. The first-order chi connectivity index (χ1) is 7.15. The predicted molar refractivity (Wildman–Crippen MR) is 69.6 cm³/mol. The van der Waals surface area contributed by atoms with E-state index < -0.39 is 11.6 Å². The summed E-state index contributed by atoms with van der Waals surface area (Å²) in [6, 6.07) is 3.43. The Balaban J connectivity index is 0.00000128. The molecule has 0 atom stereocenters. The van der Waals surface area contributed by atoms with Gasteiger partial charge in [0.1, 0.15) is 11.6 Å². The number of H-pyrrole nitrogens is 1. The Hall–Kier alpha value is -0.910. The lowest BCUT2D eigenvalue weighted by atomic mass is 10.2. The second-order valence-corrected chi connectivity index (χ2v) is 3.56. The molecule has 2 rings (SSSR count). The highest BCUT2D eigenvalue weighted by Crippen LogP contribution is 2.09. The van der Waals surface area contributed by atoms with Crippen molar-refractivity contribution in [2.75, 3.05) is 0 Å².